The van der Waals surface area contributed by atoms with Gasteiger partial charge in [-0.2, -0.15) is 4.37 Å². The molecule has 0 bridgehead atoms. The second-order valence-corrected chi connectivity index (χ2v) is 6.86. The normalized spacial score (nSPS) is 11.2. The van der Waals surface area contributed by atoms with Crippen molar-refractivity contribution in [1.82, 2.24) is 9.27 Å². The summed E-state index contributed by atoms with van der Waals surface area (Å²) in [6.07, 6.45) is 1.44. The highest BCUT2D eigenvalue weighted by atomic mass is 32.2. The first kappa shape index (κ1) is 16.4. The Hall–Kier alpha value is -1.93. The molecule has 8 heteroatoms. The molecule has 1 heterocycles. The zero-order valence-corrected chi connectivity index (χ0v) is 13.9. The minimum atomic E-state index is -3.67. The summed E-state index contributed by atoms with van der Waals surface area (Å²) in [7, 11) is -3.67. The number of hydrogen-bond acceptors (Lipinski definition) is 5. The Morgan fingerprint density at radius 1 is 1.23 bits per heavy atom. The molecule has 0 fully saturated rings. The number of anilines is 1. The first-order chi connectivity index (χ1) is 10.5. The smallest absolute Gasteiger partial charge is 0.261 e. The first-order valence-corrected chi connectivity index (χ1v) is 9.11. The summed E-state index contributed by atoms with van der Waals surface area (Å²) in [5.41, 5.74) is 0.896. The number of hydrogen-bond donors (Lipinski definition) is 1. The van der Waals surface area contributed by atoms with E-state index in [4.69, 9.17) is 0 Å². The second kappa shape index (κ2) is 6.89. The zero-order valence-electron chi connectivity index (χ0n) is 12.3. The van der Waals surface area contributed by atoms with Crippen molar-refractivity contribution < 1.29 is 13.2 Å². The van der Waals surface area contributed by atoms with Crippen LogP contribution in [-0.4, -0.2) is 36.7 Å². The molecule has 1 amide bonds. The van der Waals surface area contributed by atoms with Gasteiger partial charge in [0, 0.05) is 24.0 Å². The molecular weight excluding hydrogens is 322 g/mol. The number of nitrogens with zero attached hydrogens (tertiary/aromatic N) is 2. The van der Waals surface area contributed by atoms with Gasteiger partial charge in [-0.1, -0.05) is 0 Å². The molecule has 0 saturated heterocycles. The molecule has 1 aromatic heterocycles. The van der Waals surface area contributed by atoms with E-state index in [1.807, 2.05) is 13.8 Å². The van der Waals surface area contributed by atoms with Crippen LogP contribution in [-0.2, 0) is 10.0 Å². The van der Waals surface area contributed by atoms with Crippen molar-refractivity contribution >= 4 is 33.2 Å². The topological polar surface area (TPSA) is 79.4 Å². The van der Waals surface area contributed by atoms with Crippen LogP contribution in [0.3, 0.4) is 0 Å². The molecule has 0 aliphatic rings. The van der Waals surface area contributed by atoms with Crippen LogP contribution in [0.25, 0.3) is 0 Å². The van der Waals surface area contributed by atoms with E-state index >= 15 is 0 Å². The van der Waals surface area contributed by atoms with Crippen LogP contribution in [0.15, 0.2) is 40.7 Å². The summed E-state index contributed by atoms with van der Waals surface area (Å²) in [4.78, 5) is 14.0. The molecule has 2 rings (SSSR count). The number of amides is 1. The largest absolute Gasteiger partial charge is 0.339 e. The van der Waals surface area contributed by atoms with Crippen LogP contribution in [0, 0.1) is 0 Å². The number of carbonyl (C=O) groups excluding carboxylic acids is 1. The summed E-state index contributed by atoms with van der Waals surface area (Å²) >= 11 is 1.16. The minimum Gasteiger partial charge on any atom is -0.339 e. The average molecular weight is 339 g/mol. The predicted octanol–water partition coefficient (Wildman–Crippen LogP) is 2.43. The van der Waals surface area contributed by atoms with Gasteiger partial charge in [-0.05, 0) is 49.6 Å². The Morgan fingerprint density at radius 3 is 2.36 bits per heavy atom. The Balaban J connectivity index is 2.19. The van der Waals surface area contributed by atoms with Gasteiger partial charge in [-0.25, -0.2) is 8.42 Å². The highest BCUT2D eigenvalue weighted by Gasteiger charge is 2.17. The maximum Gasteiger partial charge on any atom is 0.261 e. The van der Waals surface area contributed by atoms with Crippen LogP contribution in [0.5, 0.6) is 0 Å². The lowest BCUT2D eigenvalue weighted by atomic mass is 10.2. The van der Waals surface area contributed by atoms with E-state index in [-0.39, 0.29) is 10.8 Å². The van der Waals surface area contributed by atoms with Crippen molar-refractivity contribution in [1.29, 1.82) is 0 Å². The molecule has 0 saturated carbocycles. The Bertz CT molecular complexity index is 721. The lowest BCUT2D eigenvalue weighted by Crippen LogP contribution is -2.30. The molecule has 0 radical (unpaired) electrons. The second-order valence-electron chi connectivity index (χ2n) is 4.52. The first-order valence-electron chi connectivity index (χ1n) is 6.79. The molecule has 1 N–H and O–H groups in total. The van der Waals surface area contributed by atoms with Crippen LogP contribution in [0.1, 0.15) is 24.2 Å². The molecule has 0 atom stereocenters. The number of benzene rings is 1. The SMILES string of the molecule is CCN(CC)C(=O)c1ccc(S(=O)(=O)Nc2cnsc2)cc1. The van der Waals surface area contributed by atoms with Crippen LogP contribution >= 0.6 is 11.5 Å². The third-order valence-electron chi connectivity index (χ3n) is 3.15. The number of rotatable bonds is 6. The Morgan fingerprint density at radius 2 is 1.86 bits per heavy atom. The van der Waals surface area contributed by atoms with Gasteiger partial charge in [0.15, 0.2) is 0 Å². The molecule has 0 spiro atoms. The summed E-state index contributed by atoms with van der Waals surface area (Å²) < 4.78 is 30.7. The van der Waals surface area contributed by atoms with E-state index in [9.17, 15) is 13.2 Å². The minimum absolute atomic E-state index is 0.106. The van der Waals surface area contributed by atoms with E-state index < -0.39 is 10.0 Å². The molecule has 0 unspecified atom stereocenters. The van der Waals surface area contributed by atoms with Gasteiger partial charge in [0.2, 0.25) is 0 Å². The van der Waals surface area contributed by atoms with Crippen molar-refractivity contribution in [2.24, 2.45) is 0 Å². The third kappa shape index (κ3) is 3.63. The van der Waals surface area contributed by atoms with Gasteiger partial charge in [0.05, 0.1) is 16.8 Å². The molecule has 1 aromatic carbocycles. The van der Waals surface area contributed by atoms with Gasteiger partial charge in [-0.3, -0.25) is 9.52 Å². The van der Waals surface area contributed by atoms with Crippen molar-refractivity contribution in [3.63, 3.8) is 0 Å². The number of nitrogens with one attached hydrogen (secondary N) is 1. The monoisotopic (exact) mass is 339 g/mol. The summed E-state index contributed by atoms with van der Waals surface area (Å²) in [6.45, 7) is 5.03. The zero-order chi connectivity index (χ0) is 16.2. The van der Waals surface area contributed by atoms with Crippen molar-refractivity contribution in [2.45, 2.75) is 18.7 Å². The van der Waals surface area contributed by atoms with Crippen molar-refractivity contribution in [3.8, 4) is 0 Å². The number of carbonyl (C=O) groups is 1. The molecule has 0 aliphatic heterocycles. The standard InChI is InChI=1S/C14H17N3O3S2/c1-3-17(4-2)14(18)11-5-7-13(8-6-11)22(19,20)16-12-9-15-21-10-12/h5-10,16H,3-4H2,1-2H3. The van der Waals surface area contributed by atoms with E-state index in [1.54, 1.807) is 10.3 Å². The fraction of sp³-hybridized carbons (Fsp3) is 0.286. The molecule has 22 heavy (non-hydrogen) atoms. The Labute approximate surface area is 134 Å². The fourth-order valence-corrected chi connectivity index (χ4v) is 3.52. The van der Waals surface area contributed by atoms with Crippen LogP contribution in [0.4, 0.5) is 5.69 Å². The van der Waals surface area contributed by atoms with Crippen LogP contribution in [0.2, 0.25) is 0 Å². The third-order valence-corrected chi connectivity index (χ3v) is 5.13. The van der Waals surface area contributed by atoms with E-state index in [1.165, 1.54) is 30.5 Å². The highest BCUT2D eigenvalue weighted by molar-refractivity contribution is 7.92. The molecular formula is C14H17N3O3S2. The number of aromatic nitrogens is 1. The molecule has 6 nitrogen and oxygen atoms in total. The van der Waals surface area contributed by atoms with Crippen molar-refractivity contribution in [3.05, 3.63) is 41.4 Å². The van der Waals surface area contributed by atoms with Gasteiger partial charge in [-0.15, -0.1) is 0 Å². The lowest BCUT2D eigenvalue weighted by molar-refractivity contribution is 0.0773. The Kier molecular flexibility index (Phi) is 5.15. The van der Waals surface area contributed by atoms with Gasteiger partial charge in [0.1, 0.15) is 0 Å². The summed E-state index contributed by atoms with van der Waals surface area (Å²) in [6, 6.07) is 5.92. The average Bonchev–Trinajstić information content (AvgIpc) is 3.00. The predicted molar refractivity (Wildman–Crippen MR) is 86.6 cm³/mol. The van der Waals surface area contributed by atoms with Gasteiger partial charge >= 0.3 is 0 Å². The van der Waals surface area contributed by atoms with Gasteiger partial charge < -0.3 is 4.90 Å². The van der Waals surface area contributed by atoms with E-state index in [2.05, 4.69) is 9.10 Å². The lowest BCUT2D eigenvalue weighted by Gasteiger charge is -2.18. The quantitative estimate of drug-likeness (QED) is 0.876. The summed E-state index contributed by atoms with van der Waals surface area (Å²) in [5.74, 6) is -0.107. The van der Waals surface area contributed by atoms with Gasteiger partial charge in [0.25, 0.3) is 15.9 Å². The molecule has 0 aliphatic carbocycles. The molecule has 2 aromatic rings. The van der Waals surface area contributed by atoms with E-state index in [0.29, 0.717) is 24.3 Å². The van der Waals surface area contributed by atoms with E-state index in [0.717, 1.165) is 11.5 Å². The summed E-state index contributed by atoms with van der Waals surface area (Å²) in [5, 5.41) is 1.61. The highest BCUT2D eigenvalue weighted by Crippen LogP contribution is 2.17. The van der Waals surface area contributed by atoms with Crippen LogP contribution < -0.4 is 4.72 Å². The maximum absolute atomic E-state index is 12.2. The maximum atomic E-state index is 12.2. The number of sulfonamides is 1. The van der Waals surface area contributed by atoms with Crippen molar-refractivity contribution in [2.75, 3.05) is 17.8 Å². The molecule has 118 valence electrons. The fourth-order valence-electron chi connectivity index (χ4n) is 1.94.